The molecule has 0 unspecified atom stereocenters. The number of carbonyl (C=O) groups excluding carboxylic acids is 1. The number of aromatic nitrogens is 2. The second-order valence-corrected chi connectivity index (χ2v) is 6.50. The van der Waals surface area contributed by atoms with Gasteiger partial charge >= 0.3 is 0 Å². The van der Waals surface area contributed by atoms with Crippen LogP contribution in [0.2, 0.25) is 5.02 Å². The Balaban J connectivity index is 0.00000192. The Labute approximate surface area is 148 Å². The first kappa shape index (κ1) is 18.1. The number of benzene rings is 1. The SMILES string of the molecule is Cl.NC1(C(=O)Nc2nnc(-c3ccccc3Cl)s2)CCOCC1. The molecule has 1 amide bonds. The van der Waals surface area contributed by atoms with Crippen LogP contribution in [0.3, 0.4) is 0 Å². The molecule has 0 spiro atoms. The average Bonchev–Trinajstić information content (AvgIpc) is 2.97. The van der Waals surface area contributed by atoms with E-state index >= 15 is 0 Å². The molecular formula is C14H16Cl2N4O2S. The number of hydrogen-bond donors (Lipinski definition) is 2. The fraction of sp³-hybridized carbons (Fsp3) is 0.357. The molecule has 1 aliphatic rings. The van der Waals surface area contributed by atoms with Crippen molar-refractivity contribution in [2.45, 2.75) is 18.4 Å². The molecule has 9 heteroatoms. The molecule has 124 valence electrons. The van der Waals surface area contributed by atoms with Crippen molar-refractivity contribution in [2.75, 3.05) is 18.5 Å². The van der Waals surface area contributed by atoms with E-state index in [1.165, 1.54) is 11.3 Å². The Morgan fingerprint density at radius 2 is 2.00 bits per heavy atom. The summed E-state index contributed by atoms with van der Waals surface area (Å²) < 4.78 is 5.24. The number of halogens is 2. The number of hydrogen-bond acceptors (Lipinski definition) is 6. The van der Waals surface area contributed by atoms with Gasteiger partial charge in [0.25, 0.3) is 0 Å². The molecule has 3 N–H and O–H groups in total. The highest BCUT2D eigenvalue weighted by molar-refractivity contribution is 7.18. The molecule has 2 heterocycles. The largest absolute Gasteiger partial charge is 0.381 e. The standard InChI is InChI=1S/C14H15ClN4O2S.ClH/c15-10-4-2-1-3-9(10)11-18-19-13(22-11)17-12(20)14(16)5-7-21-8-6-14;/h1-4H,5-8,16H2,(H,17,19,20);1H. The third-order valence-electron chi connectivity index (χ3n) is 3.59. The maximum Gasteiger partial charge on any atom is 0.246 e. The maximum absolute atomic E-state index is 12.3. The molecule has 1 aromatic heterocycles. The van der Waals surface area contributed by atoms with Gasteiger partial charge in [-0.25, -0.2) is 0 Å². The van der Waals surface area contributed by atoms with E-state index in [0.29, 0.717) is 41.2 Å². The number of nitrogens with one attached hydrogen (secondary N) is 1. The normalized spacial score (nSPS) is 16.4. The van der Waals surface area contributed by atoms with Crippen molar-refractivity contribution in [1.29, 1.82) is 0 Å². The zero-order valence-electron chi connectivity index (χ0n) is 12.1. The Morgan fingerprint density at radius 3 is 2.70 bits per heavy atom. The van der Waals surface area contributed by atoms with Crippen LogP contribution in [0.15, 0.2) is 24.3 Å². The molecule has 1 saturated heterocycles. The van der Waals surface area contributed by atoms with E-state index in [2.05, 4.69) is 15.5 Å². The van der Waals surface area contributed by atoms with Crippen LogP contribution in [0, 0.1) is 0 Å². The number of amides is 1. The second kappa shape index (κ2) is 7.55. The number of anilines is 1. The van der Waals surface area contributed by atoms with Crippen molar-refractivity contribution < 1.29 is 9.53 Å². The summed E-state index contributed by atoms with van der Waals surface area (Å²) >= 11 is 7.40. The summed E-state index contributed by atoms with van der Waals surface area (Å²) in [5.74, 6) is -0.252. The summed E-state index contributed by atoms with van der Waals surface area (Å²) in [6.45, 7) is 0.982. The number of rotatable bonds is 3. The van der Waals surface area contributed by atoms with Crippen LogP contribution < -0.4 is 11.1 Å². The first-order valence-corrected chi connectivity index (χ1v) is 8.04. The highest BCUT2D eigenvalue weighted by Crippen LogP contribution is 2.32. The molecule has 0 bridgehead atoms. The van der Waals surface area contributed by atoms with Gasteiger partial charge in [0.2, 0.25) is 11.0 Å². The zero-order valence-corrected chi connectivity index (χ0v) is 14.5. The molecular weight excluding hydrogens is 359 g/mol. The zero-order chi connectivity index (χ0) is 15.6. The topological polar surface area (TPSA) is 90.1 Å². The van der Waals surface area contributed by atoms with Crippen LogP contribution in [0.4, 0.5) is 5.13 Å². The minimum absolute atomic E-state index is 0. The maximum atomic E-state index is 12.3. The molecule has 1 aromatic carbocycles. The highest BCUT2D eigenvalue weighted by Gasteiger charge is 2.36. The molecule has 1 fully saturated rings. The van der Waals surface area contributed by atoms with Crippen molar-refractivity contribution in [1.82, 2.24) is 10.2 Å². The predicted molar refractivity (Wildman–Crippen MR) is 93.2 cm³/mol. The lowest BCUT2D eigenvalue weighted by Gasteiger charge is -2.31. The van der Waals surface area contributed by atoms with E-state index in [4.69, 9.17) is 22.1 Å². The van der Waals surface area contributed by atoms with Crippen LogP contribution in [0.25, 0.3) is 10.6 Å². The van der Waals surface area contributed by atoms with E-state index in [-0.39, 0.29) is 18.3 Å². The predicted octanol–water partition coefficient (Wildman–Crippen LogP) is 2.73. The molecule has 0 atom stereocenters. The Bertz CT molecular complexity index is 689. The Morgan fingerprint density at radius 1 is 1.30 bits per heavy atom. The van der Waals surface area contributed by atoms with Crippen molar-refractivity contribution in [3.05, 3.63) is 29.3 Å². The van der Waals surface area contributed by atoms with Crippen LogP contribution in [0.5, 0.6) is 0 Å². The lowest BCUT2D eigenvalue weighted by molar-refractivity contribution is -0.124. The van der Waals surface area contributed by atoms with Crippen LogP contribution >= 0.6 is 35.3 Å². The molecule has 2 aromatic rings. The van der Waals surface area contributed by atoms with Gasteiger partial charge in [-0.15, -0.1) is 22.6 Å². The minimum atomic E-state index is -0.908. The fourth-order valence-corrected chi connectivity index (χ4v) is 3.26. The molecule has 0 saturated carbocycles. The lowest BCUT2D eigenvalue weighted by atomic mass is 9.90. The fourth-order valence-electron chi connectivity index (χ4n) is 2.20. The van der Waals surface area contributed by atoms with Gasteiger partial charge in [-0.3, -0.25) is 10.1 Å². The third-order valence-corrected chi connectivity index (χ3v) is 4.79. The van der Waals surface area contributed by atoms with Gasteiger partial charge in [-0.05, 0) is 18.9 Å². The number of nitrogens with two attached hydrogens (primary N) is 1. The van der Waals surface area contributed by atoms with E-state index < -0.39 is 5.54 Å². The number of carbonyl (C=O) groups is 1. The smallest absolute Gasteiger partial charge is 0.246 e. The monoisotopic (exact) mass is 374 g/mol. The van der Waals surface area contributed by atoms with Crippen LogP contribution in [-0.4, -0.2) is 34.9 Å². The van der Waals surface area contributed by atoms with Gasteiger partial charge in [0.15, 0.2) is 5.01 Å². The van der Waals surface area contributed by atoms with Crippen LogP contribution in [-0.2, 0) is 9.53 Å². The third kappa shape index (κ3) is 3.99. The summed E-state index contributed by atoms with van der Waals surface area (Å²) in [6.07, 6.45) is 0.990. The van der Waals surface area contributed by atoms with E-state index in [0.717, 1.165) is 5.56 Å². The molecule has 6 nitrogen and oxygen atoms in total. The van der Waals surface area contributed by atoms with Crippen molar-refractivity contribution in [3.8, 4) is 10.6 Å². The van der Waals surface area contributed by atoms with Gasteiger partial charge in [0, 0.05) is 18.8 Å². The average molecular weight is 375 g/mol. The molecule has 23 heavy (non-hydrogen) atoms. The van der Waals surface area contributed by atoms with E-state index in [1.54, 1.807) is 6.07 Å². The summed E-state index contributed by atoms with van der Waals surface area (Å²) in [4.78, 5) is 12.3. The van der Waals surface area contributed by atoms with Gasteiger partial charge in [-0.2, -0.15) is 0 Å². The summed E-state index contributed by atoms with van der Waals surface area (Å²) in [7, 11) is 0. The molecule has 0 aliphatic carbocycles. The summed E-state index contributed by atoms with van der Waals surface area (Å²) in [5, 5.41) is 12.5. The van der Waals surface area contributed by atoms with Crippen LogP contribution in [0.1, 0.15) is 12.8 Å². The van der Waals surface area contributed by atoms with Gasteiger partial charge in [0.1, 0.15) is 5.54 Å². The Kier molecular flexibility index (Phi) is 5.94. The Hall–Kier alpha value is -1.25. The number of nitrogens with zero attached hydrogens (tertiary/aromatic N) is 2. The first-order chi connectivity index (χ1) is 10.6. The second-order valence-electron chi connectivity index (χ2n) is 5.11. The highest BCUT2D eigenvalue weighted by atomic mass is 35.5. The van der Waals surface area contributed by atoms with E-state index in [9.17, 15) is 4.79 Å². The molecule has 3 rings (SSSR count). The van der Waals surface area contributed by atoms with Gasteiger partial charge in [-0.1, -0.05) is 41.1 Å². The summed E-state index contributed by atoms with van der Waals surface area (Å²) in [6, 6.07) is 7.36. The molecule has 0 radical (unpaired) electrons. The van der Waals surface area contributed by atoms with Crippen molar-refractivity contribution >= 4 is 46.4 Å². The van der Waals surface area contributed by atoms with Crippen molar-refractivity contribution in [2.24, 2.45) is 5.73 Å². The van der Waals surface area contributed by atoms with E-state index in [1.807, 2.05) is 18.2 Å². The van der Waals surface area contributed by atoms with Crippen molar-refractivity contribution in [3.63, 3.8) is 0 Å². The minimum Gasteiger partial charge on any atom is -0.381 e. The number of ether oxygens (including phenoxy) is 1. The van der Waals surface area contributed by atoms with Gasteiger partial charge in [0.05, 0.1) is 5.02 Å². The summed E-state index contributed by atoms with van der Waals surface area (Å²) in [5.41, 5.74) is 6.02. The lowest BCUT2D eigenvalue weighted by Crippen LogP contribution is -2.54. The first-order valence-electron chi connectivity index (χ1n) is 6.85. The quantitative estimate of drug-likeness (QED) is 0.861. The van der Waals surface area contributed by atoms with Gasteiger partial charge < -0.3 is 10.5 Å². The molecule has 1 aliphatic heterocycles.